The van der Waals surface area contributed by atoms with Gasteiger partial charge in [0.1, 0.15) is 11.2 Å². The van der Waals surface area contributed by atoms with Crippen molar-refractivity contribution in [1.29, 1.82) is 0 Å². The van der Waals surface area contributed by atoms with E-state index >= 15 is 0 Å². The molecule has 2 unspecified atom stereocenters. The van der Waals surface area contributed by atoms with E-state index in [-0.39, 0.29) is 5.78 Å². The van der Waals surface area contributed by atoms with Crippen molar-refractivity contribution >= 4 is 11.4 Å². The van der Waals surface area contributed by atoms with E-state index in [4.69, 9.17) is 4.74 Å². The zero-order chi connectivity index (χ0) is 15.8. The van der Waals surface area contributed by atoms with Crippen LogP contribution in [0.5, 0.6) is 0 Å². The fourth-order valence-electron chi connectivity index (χ4n) is 4.44. The molecule has 23 heavy (non-hydrogen) atoms. The average Bonchev–Trinajstić information content (AvgIpc) is 3.12. The maximum absolute atomic E-state index is 13.1. The summed E-state index contributed by atoms with van der Waals surface area (Å²) >= 11 is 0. The number of benzene rings is 2. The van der Waals surface area contributed by atoms with Crippen molar-refractivity contribution in [1.82, 2.24) is 0 Å². The number of hydrogen-bond donors (Lipinski definition) is 0. The van der Waals surface area contributed by atoms with Crippen LogP contribution < -0.4 is 0 Å². The molecule has 2 heteroatoms. The predicted molar refractivity (Wildman–Crippen MR) is 88.7 cm³/mol. The number of allylic oxidation sites excluding steroid dienone is 1. The molecule has 1 aliphatic carbocycles. The van der Waals surface area contributed by atoms with Crippen LogP contribution in [0, 0.1) is 0 Å². The fourth-order valence-corrected chi connectivity index (χ4v) is 4.44. The Morgan fingerprint density at radius 1 is 0.826 bits per heavy atom. The van der Waals surface area contributed by atoms with Gasteiger partial charge in [0, 0.05) is 11.1 Å². The molecule has 0 amide bonds. The van der Waals surface area contributed by atoms with Gasteiger partial charge in [-0.15, -0.1) is 0 Å². The first-order chi connectivity index (χ1) is 11.1. The summed E-state index contributed by atoms with van der Waals surface area (Å²) < 4.78 is 6.40. The molecule has 2 bridgehead atoms. The van der Waals surface area contributed by atoms with E-state index in [1.807, 2.05) is 55.5 Å². The Bertz CT molecular complexity index is 935. The molecule has 5 rings (SSSR count). The quantitative estimate of drug-likeness (QED) is 0.792. The van der Waals surface area contributed by atoms with E-state index in [1.54, 1.807) is 0 Å². The highest BCUT2D eigenvalue weighted by Crippen LogP contribution is 2.63. The van der Waals surface area contributed by atoms with Crippen molar-refractivity contribution in [3.05, 3.63) is 88.5 Å². The van der Waals surface area contributed by atoms with E-state index in [0.717, 1.165) is 27.8 Å². The van der Waals surface area contributed by atoms with Gasteiger partial charge in [-0.3, -0.25) is 4.79 Å². The fraction of sp³-hybridized carbons (Fsp3) is 0.190. The molecule has 2 atom stereocenters. The number of rotatable bonds is 1. The first-order valence-corrected chi connectivity index (χ1v) is 7.93. The second-order valence-corrected chi connectivity index (χ2v) is 6.76. The number of hydrogen-bond acceptors (Lipinski definition) is 2. The van der Waals surface area contributed by atoms with Gasteiger partial charge in [-0.1, -0.05) is 54.6 Å². The maximum atomic E-state index is 13.1. The van der Waals surface area contributed by atoms with Gasteiger partial charge in [-0.05, 0) is 42.2 Å². The Morgan fingerprint density at radius 3 is 2.13 bits per heavy atom. The largest absolute Gasteiger partial charge is 0.350 e. The predicted octanol–water partition coefficient (Wildman–Crippen LogP) is 4.12. The Kier molecular flexibility index (Phi) is 2.21. The molecule has 0 radical (unpaired) electrons. The van der Waals surface area contributed by atoms with Crippen LogP contribution >= 0.6 is 0 Å². The standard InChI is InChI=1S/C21H16O2/c1-20-15-10-6-7-11-16(15)21(2,23-20)18-17(20)12-14(19(18)22)13-8-4-3-5-9-13/h3-12H,1-2H3. The van der Waals surface area contributed by atoms with Gasteiger partial charge in [-0.2, -0.15) is 0 Å². The summed E-state index contributed by atoms with van der Waals surface area (Å²) in [6, 6.07) is 18.1. The summed E-state index contributed by atoms with van der Waals surface area (Å²) in [4.78, 5) is 13.1. The minimum atomic E-state index is -0.634. The molecule has 2 nitrogen and oxygen atoms in total. The van der Waals surface area contributed by atoms with Crippen LogP contribution in [0.4, 0.5) is 0 Å². The van der Waals surface area contributed by atoms with Gasteiger partial charge < -0.3 is 4.74 Å². The van der Waals surface area contributed by atoms with Gasteiger partial charge in [0.2, 0.25) is 0 Å². The van der Waals surface area contributed by atoms with E-state index in [9.17, 15) is 4.79 Å². The van der Waals surface area contributed by atoms with Crippen LogP contribution in [0.2, 0.25) is 0 Å². The molecule has 0 N–H and O–H groups in total. The molecule has 0 fully saturated rings. The molecule has 2 aromatic rings. The van der Waals surface area contributed by atoms with Crippen LogP contribution in [-0.2, 0) is 20.7 Å². The number of ether oxygens (including phenoxy) is 1. The topological polar surface area (TPSA) is 26.3 Å². The Balaban J connectivity index is 1.73. The zero-order valence-corrected chi connectivity index (χ0v) is 13.1. The zero-order valence-electron chi connectivity index (χ0n) is 13.1. The highest BCUT2D eigenvalue weighted by molar-refractivity contribution is 6.33. The third-order valence-corrected chi connectivity index (χ3v) is 5.47. The maximum Gasteiger partial charge on any atom is 0.193 e. The SMILES string of the molecule is CC12OC(C)(C3=C1C=C(c1ccccc1)C3=O)c1ccccc12. The molecule has 0 spiro atoms. The lowest BCUT2D eigenvalue weighted by Gasteiger charge is -2.24. The lowest BCUT2D eigenvalue weighted by Crippen LogP contribution is -2.26. The van der Waals surface area contributed by atoms with Crippen molar-refractivity contribution < 1.29 is 9.53 Å². The number of fused-ring (bicyclic) bond motifs is 7. The lowest BCUT2D eigenvalue weighted by molar-refractivity contribution is -0.114. The van der Waals surface area contributed by atoms with Crippen LogP contribution in [0.3, 0.4) is 0 Å². The van der Waals surface area contributed by atoms with Gasteiger partial charge in [0.15, 0.2) is 5.78 Å². The lowest BCUT2D eigenvalue weighted by atomic mass is 9.74. The highest BCUT2D eigenvalue weighted by Gasteiger charge is 2.62. The molecule has 0 aromatic heterocycles. The minimum absolute atomic E-state index is 0.104. The first kappa shape index (κ1) is 13.0. The number of carbonyl (C=O) groups excluding carboxylic acids is 1. The summed E-state index contributed by atoms with van der Waals surface area (Å²) in [6.45, 7) is 4.11. The summed E-state index contributed by atoms with van der Waals surface area (Å²) in [5.74, 6) is 0.104. The van der Waals surface area contributed by atoms with Gasteiger partial charge in [0.05, 0.1) is 0 Å². The van der Waals surface area contributed by atoms with Gasteiger partial charge in [0.25, 0.3) is 0 Å². The first-order valence-electron chi connectivity index (χ1n) is 7.93. The van der Waals surface area contributed by atoms with Crippen molar-refractivity contribution in [3.8, 4) is 0 Å². The van der Waals surface area contributed by atoms with Crippen LogP contribution in [-0.4, -0.2) is 5.78 Å². The Labute approximate surface area is 135 Å². The van der Waals surface area contributed by atoms with E-state index < -0.39 is 11.2 Å². The van der Waals surface area contributed by atoms with E-state index in [2.05, 4.69) is 19.1 Å². The second kappa shape index (κ2) is 3.90. The molecule has 0 saturated carbocycles. The summed E-state index contributed by atoms with van der Waals surface area (Å²) in [5, 5.41) is 0. The Hall–Kier alpha value is -2.45. The number of carbonyl (C=O) groups is 1. The smallest absolute Gasteiger partial charge is 0.193 e. The van der Waals surface area contributed by atoms with Gasteiger partial charge in [-0.25, -0.2) is 0 Å². The normalized spacial score (nSPS) is 30.5. The molecule has 2 aliphatic heterocycles. The average molecular weight is 300 g/mol. The third kappa shape index (κ3) is 1.36. The van der Waals surface area contributed by atoms with Crippen molar-refractivity contribution in [2.45, 2.75) is 25.0 Å². The molecule has 2 aromatic carbocycles. The second-order valence-electron chi connectivity index (χ2n) is 6.76. The summed E-state index contributed by atoms with van der Waals surface area (Å²) in [6.07, 6.45) is 2.04. The van der Waals surface area contributed by atoms with Crippen molar-refractivity contribution in [2.75, 3.05) is 0 Å². The molecule has 0 saturated heterocycles. The molecule has 112 valence electrons. The monoisotopic (exact) mass is 300 g/mol. The third-order valence-electron chi connectivity index (χ3n) is 5.47. The van der Waals surface area contributed by atoms with Crippen LogP contribution in [0.1, 0.15) is 30.5 Å². The Morgan fingerprint density at radius 2 is 1.43 bits per heavy atom. The summed E-state index contributed by atoms with van der Waals surface area (Å²) in [5.41, 5.74) is 4.75. The van der Waals surface area contributed by atoms with Gasteiger partial charge >= 0.3 is 0 Å². The minimum Gasteiger partial charge on any atom is -0.350 e. The number of Topliss-reactive ketones (excluding diaryl/α,β-unsaturated/α-hetero) is 1. The van der Waals surface area contributed by atoms with E-state index in [0.29, 0.717) is 0 Å². The molecule has 2 heterocycles. The molecular weight excluding hydrogens is 284 g/mol. The van der Waals surface area contributed by atoms with E-state index in [1.165, 1.54) is 5.56 Å². The van der Waals surface area contributed by atoms with Crippen molar-refractivity contribution in [3.63, 3.8) is 0 Å². The molecule has 3 aliphatic rings. The highest BCUT2D eigenvalue weighted by atomic mass is 16.5. The van der Waals surface area contributed by atoms with Crippen molar-refractivity contribution in [2.24, 2.45) is 0 Å². The van der Waals surface area contributed by atoms with Crippen LogP contribution in [0.15, 0.2) is 71.8 Å². The summed E-state index contributed by atoms with van der Waals surface area (Å²) in [7, 11) is 0. The number of ketones is 1. The molecular formula is C21H16O2. The van der Waals surface area contributed by atoms with Crippen LogP contribution in [0.25, 0.3) is 5.57 Å².